The Morgan fingerprint density at radius 3 is 2.08 bits per heavy atom. The Morgan fingerprint density at radius 2 is 1.58 bits per heavy atom. The van der Waals surface area contributed by atoms with E-state index in [4.69, 9.17) is 20.6 Å². The predicted octanol–water partition coefficient (Wildman–Crippen LogP) is 6.19. The number of Topliss-reactive ketones (excluding diaryl/α,β-unsaturated/α-hetero) is 2. The standard InChI is InChI=1S/C31H38BrNO5/c1-8-11-38-29-20(32)13-19(14-25(29)37-9-2)26-27-21(15-30(3,4)17-23(27)34)33(10-12-36-7)22-16-31(5,6)18-24(35)28(22)26/h1,13-14,26H,9-12,15-18H2,2-7H3. The summed E-state index contributed by atoms with van der Waals surface area (Å²) >= 11 is 3.65. The minimum atomic E-state index is -0.469. The van der Waals surface area contributed by atoms with Crippen LogP contribution in [-0.2, 0) is 14.3 Å². The van der Waals surface area contributed by atoms with Gasteiger partial charge in [0, 0.05) is 55.0 Å². The van der Waals surface area contributed by atoms with Gasteiger partial charge in [0.25, 0.3) is 0 Å². The van der Waals surface area contributed by atoms with Crippen molar-refractivity contribution in [2.45, 2.75) is 66.2 Å². The maximum atomic E-state index is 13.9. The Kier molecular flexibility index (Phi) is 8.16. The highest BCUT2D eigenvalue weighted by molar-refractivity contribution is 9.10. The lowest BCUT2D eigenvalue weighted by Gasteiger charge is -2.49. The number of carbonyl (C=O) groups excluding carboxylic acids is 2. The number of hydrogen-bond acceptors (Lipinski definition) is 6. The van der Waals surface area contributed by atoms with Crippen LogP contribution in [0.4, 0.5) is 0 Å². The lowest BCUT2D eigenvalue weighted by atomic mass is 9.63. The van der Waals surface area contributed by atoms with Crippen LogP contribution in [-0.4, -0.2) is 49.9 Å². The highest BCUT2D eigenvalue weighted by Gasteiger charge is 2.49. The molecule has 1 heterocycles. The number of carbonyl (C=O) groups is 2. The van der Waals surface area contributed by atoms with Crippen molar-refractivity contribution < 1.29 is 23.8 Å². The van der Waals surface area contributed by atoms with Gasteiger partial charge in [0.1, 0.15) is 6.61 Å². The molecule has 0 N–H and O–H groups in total. The number of hydrogen-bond donors (Lipinski definition) is 0. The number of halogens is 1. The molecule has 0 saturated heterocycles. The summed E-state index contributed by atoms with van der Waals surface area (Å²) < 4.78 is 17.9. The fourth-order valence-corrected chi connectivity index (χ4v) is 6.68. The molecule has 38 heavy (non-hydrogen) atoms. The van der Waals surface area contributed by atoms with Gasteiger partial charge in [0.05, 0.1) is 17.7 Å². The second kappa shape index (κ2) is 10.9. The average Bonchev–Trinajstić information content (AvgIpc) is 2.80. The Labute approximate surface area is 234 Å². The normalized spacial score (nSPS) is 20.7. The van der Waals surface area contributed by atoms with Gasteiger partial charge in [-0.05, 0) is 64.2 Å². The van der Waals surface area contributed by atoms with Crippen LogP contribution in [0.2, 0.25) is 0 Å². The lowest BCUT2D eigenvalue weighted by Crippen LogP contribution is -2.45. The first-order chi connectivity index (χ1) is 17.9. The fourth-order valence-electron chi connectivity index (χ4n) is 6.11. The second-order valence-electron chi connectivity index (χ2n) is 11.9. The maximum absolute atomic E-state index is 13.9. The molecule has 0 atom stereocenters. The van der Waals surface area contributed by atoms with Crippen LogP contribution < -0.4 is 9.47 Å². The number of benzene rings is 1. The van der Waals surface area contributed by atoms with Crippen molar-refractivity contribution in [2.75, 3.05) is 33.5 Å². The largest absolute Gasteiger partial charge is 0.490 e. The molecule has 0 unspecified atom stereocenters. The third-order valence-corrected chi connectivity index (χ3v) is 8.09. The van der Waals surface area contributed by atoms with E-state index in [9.17, 15) is 9.59 Å². The summed E-state index contributed by atoms with van der Waals surface area (Å²) in [6.45, 7) is 12.1. The fraction of sp³-hybridized carbons (Fsp3) is 0.548. The molecular weight excluding hydrogens is 546 g/mol. The monoisotopic (exact) mass is 583 g/mol. The van der Waals surface area contributed by atoms with Gasteiger partial charge in [-0.2, -0.15) is 0 Å². The van der Waals surface area contributed by atoms with Gasteiger partial charge in [-0.3, -0.25) is 9.59 Å². The van der Waals surface area contributed by atoms with Gasteiger partial charge in [-0.15, -0.1) is 6.42 Å². The highest BCUT2D eigenvalue weighted by atomic mass is 79.9. The van der Waals surface area contributed by atoms with Crippen LogP contribution in [0.15, 0.2) is 39.1 Å². The van der Waals surface area contributed by atoms with Crippen molar-refractivity contribution in [2.24, 2.45) is 10.8 Å². The Hall–Kier alpha value is -2.56. The molecule has 4 rings (SSSR count). The minimum Gasteiger partial charge on any atom is -0.490 e. The van der Waals surface area contributed by atoms with Crippen LogP contribution >= 0.6 is 15.9 Å². The van der Waals surface area contributed by atoms with Crippen LogP contribution in [0.5, 0.6) is 11.5 Å². The number of ether oxygens (including phenoxy) is 3. The molecule has 3 aliphatic rings. The number of rotatable bonds is 8. The first-order valence-corrected chi connectivity index (χ1v) is 14.0. The van der Waals surface area contributed by atoms with Crippen molar-refractivity contribution in [1.82, 2.24) is 4.90 Å². The molecule has 0 radical (unpaired) electrons. The van der Waals surface area contributed by atoms with E-state index < -0.39 is 5.92 Å². The zero-order valence-electron chi connectivity index (χ0n) is 23.3. The molecule has 1 aromatic rings. The minimum absolute atomic E-state index is 0.0922. The third kappa shape index (κ3) is 5.44. The number of methoxy groups -OCH3 is 1. The van der Waals surface area contributed by atoms with E-state index in [1.807, 2.05) is 19.1 Å². The Balaban J connectivity index is 1.99. The highest BCUT2D eigenvalue weighted by Crippen LogP contribution is 2.55. The number of ketones is 2. The molecule has 1 aromatic carbocycles. The van der Waals surface area contributed by atoms with Crippen LogP contribution in [0, 0.1) is 23.2 Å². The quantitative estimate of drug-likeness (QED) is 0.340. The molecule has 2 aliphatic carbocycles. The summed E-state index contributed by atoms with van der Waals surface area (Å²) in [5.74, 6) is 3.26. The van der Waals surface area contributed by atoms with E-state index in [-0.39, 0.29) is 29.0 Å². The smallest absolute Gasteiger partial charge is 0.176 e. The van der Waals surface area contributed by atoms with Crippen molar-refractivity contribution in [1.29, 1.82) is 0 Å². The first kappa shape index (κ1) is 28.4. The first-order valence-electron chi connectivity index (χ1n) is 13.2. The molecule has 0 fully saturated rings. The molecular formula is C31H38BrNO5. The summed E-state index contributed by atoms with van der Waals surface area (Å²) in [5, 5.41) is 0. The Morgan fingerprint density at radius 1 is 1.00 bits per heavy atom. The zero-order valence-corrected chi connectivity index (χ0v) is 24.9. The van der Waals surface area contributed by atoms with Gasteiger partial charge >= 0.3 is 0 Å². The molecule has 0 bridgehead atoms. The van der Waals surface area contributed by atoms with E-state index >= 15 is 0 Å². The third-order valence-electron chi connectivity index (χ3n) is 7.51. The van der Waals surface area contributed by atoms with E-state index in [0.717, 1.165) is 40.9 Å². The van der Waals surface area contributed by atoms with Crippen LogP contribution in [0.3, 0.4) is 0 Å². The molecule has 7 heteroatoms. The van der Waals surface area contributed by atoms with Gasteiger partial charge in [0.2, 0.25) is 0 Å². The number of allylic oxidation sites excluding steroid dienone is 4. The number of nitrogens with zero attached hydrogens (tertiary/aromatic N) is 1. The summed E-state index contributed by atoms with van der Waals surface area (Å²) in [6, 6.07) is 3.85. The van der Waals surface area contributed by atoms with Gasteiger partial charge in [-0.1, -0.05) is 33.6 Å². The average molecular weight is 585 g/mol. The van der Waals surface area contributed by atoms with Gasteiger partial charge in [-0.25, -0.2) is 0 Å². The van der Waals surface area contributed by atoms with E-state index in [1.54, 1.807) is 7.11 Å². The van der Waals surface area contributed by atoms with E-state index in [1.165, 1.54) is 0 Å². The SMILES string of the molecule is C#CCOc1c(Br)cc(C2C3=C(CC(C)(C)CC3=O)N(CCOC)C3=C2C(=O)CC(C)(C)C3)cc1OCC. The van der Waals surface area contributed by atoms with E-state index in [0.29, 0.717) is 48.6 Å². The van der Waals surface area contributed by atoms with Crippen LogP contribution in [0.1, 0.15) is 71.8 Å². The van der Waals surface area contributed by atoms with Gasteiger partial charge in [0.15, 0.2) is 23.1 Å². The van der Waals surface area contributed by atoms with Crippen LogP contribution in [0.25, 0.3) is 0 Å². The second-order valence-corrected chi connectivity index (χ2v) is 12.8. The molecule has 204 valence electrons. The maximum Gasteiger partial charge on any atom is 0.176 e. The van der Waals surface area contributed by atoms with E-state index in [2.05, 4.69) is 54.4 Å². The summed E-state index contributed by atoms with van der Waals surface area (Å²) in [7, 11) is 1.68. The molecule has 0 spiro atoms. The van der Waals surface area contributed by atoms with Crippen molar-refractivity contribution in [3.05, 3.63) is 44.7 Å². The molecule has 0 saturated carbocycles. The molecule has 1 aliphatic heterocycles. The number of terminal acetylenes is 1. The topological polar surface area (TPSA) is 65.1 Å². The summed E-state index contributed by atoms with van der Waals surface area (Å²) in [6.07, 6.45) is 7.81. The van der Waals surface area contributed by atoms with Crippen molar-refractivity contribution >= 4 is 27.5 Å². The molecule has 0 amide bonds. The van der Waals surface area contributed by atoms with Crippen molar-refractivity contribution in [3.63, 3.8) is 0 Å². The zero-order chi connectivity index (χ0) is 27.8. The summed E-state index contributed by atoms with van der Waals surface area (Å²) in [4.78, 5) is 30.1. The van der Waals surface area contributed by atoms with Crippen molar-refractivity contribution in [3.8, 4) is 23.8 Å². The molecule has 0 aromatic heterocycles. The predicted molar refractivity (Wildman–Crippen MR) is 151 cm³/mol. The van der Waals surface area contributed by atoms with Gasteiger partial charge < -0.3 is 19.1 Å². The Bertz CT molecular complexity index is 1200. The lowest BCUT2D eigenvalue weighted by molar-refractivity contribution is -0.119. The molecule has 6 nitrogen and oxygen atoms in total. The summed E-state index contributed by atoms with van der Waals surface area (Å²) in [5.41, 5.74) is 3.95.